The lowest BCUT2D eigenvalue weighted by atomic mass is 9.87. The molecule has 126 valence electrons. The van der Waals surface area contributed by atoms with Crippen LogP contribution in [0, 0.1) is 0 Å². The molecule has 0 unspecified atom stereocenters. The summed E-state index contributed by atoms with van der Waals surface area (Å²) in [6.07, 6.45) is 3.51. The number of nitrogens with zero attached hydrogens (tertiary/aromatic N) is 3. The van der Waals surface area contributed by atoms with Crippen molar-refractivity contribution < 1.29 is 14.6 Å². The van der Waals surface area contributed by atoms with E-state index in [0.29, 0.717) is 19.7 Å². The van der Waals surface area contributed by atoms with Gasteiger partial charge in [-0.15, -0.1) is 0 Å². The van der Waals surface area contributed by atoms with Gasteiger partial charge < -0.3 is 14.7 Å². The van der Waals surface area contributed by atoms with E-state index in [1.165, 1.54) is 5.56 Å². The van der Waals surface area contributed by atoms with Crippen molar-refractivity contribution in [2.75, 3.05) is 19.7 Å². The highest BCUT2D eigenvalue weighted by atomic mass is 16.5. The largest absolute Gasteiger partial charge is 0.388 e. The van der Waals surface area contributed by atoms with Crippen LogP contribution < -0.4 is 0 Å². The predicted octanol–water partition coefficient (Wildman–Crippen LogP) is 1.03. The minimum absolute atomic E-state index is 0.0404. The molecule has 1 spiro atoms. The summed E-state index contributed by atoms with van der Waals surface area (Å²) in [5.74, 6) is 0.225. The molecule has 0 bridgehead atoms. The minimum atomic E-state index is -0.646. The molecular formula is C18H21N3O3. The van der Waals surface area contributed by atoms with Crippen LogP contribution in [0.5, 0.6) is 0 Å². The smallest absolute Gasteiger partial charge is 0.244 e. The summed E-state index contributed by atoms with van der Waals surface area (Å²) in [5.41, 5.74) is 0.586. The standard InChI is InChI=1S/C18H21N3O3/c22-16-10-20(17(23)11-21-8-4-7-19-21)13-18(16)9-15(12-24-18)14-5-2-1-3-6-14/h1-8,15-16,22H,9-13H2/t15-,16-,18-/m1/s1. The Bertz CT molecular complexity index is 704. The predicted molar refractivity (Wildman–Crippen MR) is 87.3 cm³/mol. The van der Waals surface area contributed by atoms with Crippen molar-refractivity contribution in [3.8, 4) is 0 Å². The molecule has 2 aliphatic heterocycles. The summed E-state index contributed by atoms with van der Waals surface area (Å²) in [6.45, 7) is 1.54. The molecule has 1 aromatic heterocycles. The Hall–Kier alpha value is -2.18. The molecule has 0 saturated carbocycles. The number of benzene rings is 1. The number of hydrogen-bond acceptors (Lipinski definition) is 4. The molecule has 3 heterocycles. The summed E-state index contributed by atoms with van der Waals surface area (Å²) in [7, 11) is 0. The van der Waals surface area contributed by atoms with Crippen LogP contribution in [-0.4, -0.2) is 57.1 Å². The number of aliphatic hydroxyl groups is 1. The Balaban J connectivity index is 1.44. The van der Waals surface area contributed by atoms with E-state index in [0.717, 1.165) is 6.42 Å². The number of amides is 1. The first-order valence-corrected chi connectivity index (χ1v) is 8.28. The third kappa shape index (κ3) is 2.72. The van der Waals surface area contributed by atoms with Crippen LogP contribution >= 0.6 is 0 Å². The molecule has 2 aliphatic rings. The third-order valence-electron chi connectivity index (χ3n) is 5.10. The number of likely N-dealkylation sites (tertiary alicyclic amines) is 1. The molecule has 0 aliphatic carbocycles. The highest BCUT2D eigenvalue weighted by molar-refractivity contribution is 5.76. The van der Waals surface area contributed by atoms with Crippen LogP contribution in [0.25, 0.3) is 0 Å². The fourth-order valence-corrected chi connectivity index (χ4v) is 3.77. The van der Waals surface area contributed by atoms with Gasteiger partial charge in [0.25, 0.3) is 0 Å². The Morgan fingerprint density at radius 3 is 2.92 bits per heavy atom. The molecule has 2 aromatic rings. The van der Waals surface area contributed by atoms with Crippen molar-refractivity contribution in [1.29, 1.82) is 0 Å². The Kier molecular flexibility index (Phi) is 3.86. The molecule has 1 N–H and O–H groups in total. The second-order valence-electron chi connectivity index (χ2n) is 6.68. The first kappa shape index (κ1) is 15.4. The van der Waals surface area contributed by atoms with E-state index in [9.17, 15) is 9.90 Å². The van der Waals surface area contributed by atoms with Crippen LogP contribution in [-0.2, 0) is 16.1 Å². The maximum absolute atomic E-state index is 12.4. The fourth-order valence-electron chi connectivity index (χ4n) is 3.77. The lowest BCUT2D eigenvalue weighted by molar-refractivity contribution is -0.132. The fraction of sp³-hybridized carbons (Fsp3) is 0.444. The first-order chi connectivity index (χ1) is 11.7. The molecule has 0 radical (unpaired) electrons. The van der Waals surface area contributed by atoms with Gasteiger partial charge in [0.05, 0.1) is 13.2 Å². The van der Waals surface area contributed by atoms with Crippen LogP contribution in [0.1, 0.15) is 17.9 Å². The van der Waals surface area contributed by atoms with Gasteiger partial charge in [0.15, 0.2) is 0 Å². The van der Waals surface area contributed by atoms with Crippen molar-refractivity contribution in [3.05, 3.63) is 54.4 Å². The van der Waals surface area contributed by atoms with Gasteiger partial charge in [0.2, 0.25) is 5.91 Å². The van der Waals surface area contributed by atoms with E-state index in [-0.39, 0.29) is 18.4 Å². The average molecular weight is 327 g/mol. The van der Waals surface area contributed by atoms with Gasteiger partial charge in [0, 0.05) is 24.9 Å². The van der Waals surface area contributed by atoms with Gasteiger partial charge in [-0.1, -0.05) is 30.3 Å². The molecule has 4 rings (SSSR count). The maximum Gasteiger partial charge on any atom is 0.244 e. The van der Waals surface area contributed by atoms with Crippen molar-refractivity contribution in [3.63, 3.8) is 0 Å². The maximum atomic E-state index is 12.4. The van der Waals surface area contributed by atoms with E-state index in [4.69, 9.17) is 4.74 Å². The van der Waals surface area contributed by atoms with E-state index in [2.05, 4.69) is 17.2 Å². The number of aromatic nitrogens is 2. The van der Waals surface area contributed by atoms with Gasteiger partial charge in [-0.3, -0.25) is 9.48 Å². The summed E-state index contributed by atoms with van der Waals surface area (Å²) >= 11 is 0. The second kappa shape index (κ2) is 6.03. The molecule has 6 nitrogen and oxygen atoms in total. The van der Waals surface area contributed by atoms with Crippen molar-refractivity contribution in [2.24, 2.45) is 0 Å². The number of β-amino-alcohol motifs (C(OH)–C–C–N with tert-alkyl or cyclic N) is 1. The van der Waals surface area contributed by atoms with Gasteiger partial charge in [-0.25, -0.2) is 0 Å². The summed E-state index contributed by atoms with van der Waals surface area (Å²) in [6, 6.07) is 12.0. The summed E-state index contributed by atoms with van der Waals surface area (Å²) in [5, 5.41) is 14.6. The number of rotatable bonds is 3. The van der Waals surface area contributed by atoms with Gasteiger partial charge >= 0.3 is 0 Å². The molecule has 1 amide bonds. The monoisotopic (exact) mass is 327 g/mol. The zero-order chi connectivity index (χ0) is 16.6. The average Bonchev–Trinajstić information content (AvgIpc) is 3.31. The molecule has 6 heteroatoms. The Labute approximate surface area is 140 Å². The highest BCUT2D eigenvalue weighted by Gasteiger charge is 2.53. The van der Waals surface area contributed by atoms with E-state index in [1.54, 1.807) is 28.0 Å². The molecule has 2 fully saturated rings. The van der Waals surface area contributed by atoms with Crippen molar-refractivity contribution >= 4 is 5.91 Å². The normalized spacial score (nSPS) is 29.5. The summed E-state index contributed by atoms with van der Waals surface area (Å²) in [4.78, 5) is 14.1. The first-order valence-electron chi connectivity index (χ1n) is 8.28. The molecule has 2 saturated heterocycles. The topological polar surface area (TPSA) is 67.6 Å². The minimum Gasteiger partial charge on any atom is -0.388 e. The van der Waals surface area contributed by atoms with Gasteiger partial charge in [-0.05, 0) is 18.1 Å². The second-order valence-corrected chi connectivity index (χ2v) is 6.68. The van der Waals surface area contributed by atoms with Crippen LogP contribution in [0.4, 0.5) is 0 Å². The SMILES string of the molecule is O=C(Cn1cccn1)N1C[C@@H](O)[C@@]2(C[C@@H](c3ccccc3)CO2)C1. The van der Waals surface area contributed by atoms with Crippen molar-refractivity contribution in [2.45, 2.75) is 30.6 Å². The molecule has 3 atom stereocenters. The molecular weight excluding hydrogens is 306 g/mol. The van der Waals surface area contributed by atoms with Crippen LogP contribution in [0.2, 0.25) is 0 Å². The third-order valence-corrected chi connectivity index (χ3v) is 5.10. The van der Waals surface area contributed by atoms with Gasteiger partial charge in [0.1, 0.15) is 18.2 Å². The Morgan fingerprint density at radius 1 is 1.33 bits per heavy atom. The number of hydrogen-bond donors (Lipinski definition) is 1. The number of aliphatic hydroxyl groups excluding tert-OH is 1. The quantitative estimate of drug-likeness (QED) is 0.914. The number of ether oxygens (including phenoxy) is 1. The van der Waals surface area contributed by atoms with Gasteiger partial charge in [-0.2, -0.15) is 5.10 Å². The van der Waals surface area contributed by atoms with Crippen LogP contribution in [0.15, 0.2) is 48.8 Å². The molecule has 24 heavy (non-hydrogen) atoms. The zero-order valence-electron chi connectivity index (χ0n) is 13.4. The highest BCUT2D eigenvalue weighted by Crippen LogP contribution is 2.42. The van der Waals surface area contributed by atoms with E-state index < -0.39 is 11.7 Å². The zero-order valence-corrected chi connectivity index (χ0v) is 13.4. The molecule has 1 aromatic carbocycles. The summed E-state index contributed by atoms with van der Waals surface area (Å²) < 4.78 is 7.63. The van der Waals surface area contributed by atoms with Crippen molar-refractivity contribution in [1.82, 2.24) is 14.7 Å². The number of carbonyl (C=O) groups is 1. The lowest BCUT2D eigenvalue weighted by Gasteiger charge is -2.26. The van der Waals surface area contributed by atoms with E-state index >= 15 is 0 Å². The van der Waals surface area contributed by atoms with E-state index in [1.807, 2.05) is 18.2 Å². The number of carbonyl (C=O) groups excluding carboxylic acids is 1. The Morgan fingerprint density at radius 2 is 2.17 bits per heavy atom. The van der Waals surface area contributed by atoms with Crippen LogP contribution in [0.3, 0.4) is 0 Å². The lowest BCUT2D eigenvalue weighted by Crippen LogP contribution is -2.41.